The van der Waals surface area contributed by atoms with Gasteiger partial charge >= 0.3 is 39.5 Å². The van der Waals surface area contributed by atoms with Gasteiger partial charge in [0.05, 0.1) is 26.4 Å². The molecule has 0 radical (unpaired) electrons. The average Bonchev–Trinajstić information content (AvgIpc) is 0.911. The number of hydrogen-bond donors (Lipinski definition) is 3. The van der Waals surface area contributed by atoms with Gasteiger partial charge in [-0.3, -0.25) is 37.3 Å². The number of hydrogen-bond acceptors (Lipinski definition) is 15. The molecule has 0 aliphatic rings. The molecule has 0 aromatic rings. The molecule has 104 heavy (non-hydrogen) atoms. The van der Waals surface area contributed by atoms with Crippen molar-refractivity contribution in [1.82, 2.24) is 0 Å². The molecular weight excluding hydrogens is 1350 g/mol. The molecule has 0 saturated heterocycles. The van der Waals surface area contributed by atoms with Gasteiger partial charge in [-0.2, -0.15) is 0 Å². The van der Waals surface area contributed by atoms with Crippen LogP contribution < -0.4 is 0 Å². The summed E-state index contributed by atoms with van der Waals surface area (Å²) in [5, 5.41) is 10.6. The van der Waals surface area contributed by atoms with E-state index in [-0.39, 0.29) is 25.7 Å². The lowest BCUT2D eigenvalue weighted by atomic mass is 10.1. The summed E-state index contributed by atoms with van der Waals surface area (Å²) >= 11 is 0. The lowest BCUT2D eigenvalue weighted by Gasteiger charge is -2.21. The fourth-order valence-corrected chi connectivity index (χ4v) is 10.6. The molecule has 0 rings (SSSR count). The van der Waals surface area contributed by atoms with Crippen LogP contribution in [0.25, 0.3) is 0 Å². The molecule has 0 spiro atoms. The van der Waals surface area contributed by atoms with E-state index in [4.69, 9.17) is 37.0 Å². The van der Waals surface area contributed by atoms with E-state index in [1.165, 1.54) is 0 Å². The van der Waals surface area contributed by atoms with Crippen LogP contribution in [0.4, 0.5) is 0 Å². The van der Waals surface area contributed by atoms with E-state index >= 15 is 0 Å². The summed E-state index contributed by atoms with van der Waals surface area (Å²) in [6, 6.07) is 0. The Labute approximate surface area is 627 Å². The van der Waals surface area contributed by atoms with Crippen LogP contribution in [0.2, 0.25) is 0 Å². The zero-order valence-electron chi connectivity index (χ0n) is 63.6. The van der Waals surface area contributed by atoms with Crippen molar-refractivity contribution < 1.29 is 80.2 Å². The number of aliphatic hydroxyl groups excluding tert-OH is 1. The van der Waals surface area contributed by atoms with Crippen LogP contribution in [0.15, 0.2) is 207 Å². The number of aliphatic hydroxyl groups is 1. The first-order valence-corrected chi connectivity index (χ1v) is 41.3. The Morgan fingerprint density at radius 2 is 0.529 bits per heavy atom. The second-order valence-corrected chi connectivity index (χ2v) is 27.3. The number of rotatable bonds is 69. The zero-order valence-corrected chi connectivity index (χ0v) is 65.4. The van der Waals surface area contributed by atoms with Gasteiger partial charge in [0.25, 0.3) is 0 Å². The van der Waals surface area contributed by atoms with Crippen LogP contribution in [0.3, 0.4) is 0 Å². The number of ether oxygens (including phenoxy) is 4. The number of phosphoric acid groups is 2. The monoisotopic (exact) mass is 1490 g/mol. The zero-order chi connectivity index (χ0) is 76.0. The normalized spacial score (nSPS) is 15.0. The number of carbonyl (C=O) groups is 4. The highest BCUT2D eigenvalue weighted by molar-refractivity contribution is 7.47. The van der Waals surface area contributed by atoms with E-state index in [2.05, 4.69) is 198 Å². The predicted molar refractivity (Wildman–Crippen MR) is 426 cm³/mol. The molecule has 0 fully saturated rings. The number of carbonyl (C=O) groups excluding carboxylic acids is 4. The highest BCUT2D eigenvalue weighted by atomic mass is 31.2. The van der Waals surface area contributed by atoms with Crippen LogP contribution in [-0.2, 0) is 65.4 Å². The van der Waals surface area contributed by atoms with Gasteiger partial charge in [0.2, 0.25) is 0 Å². The molecular formula is C85H132O17P2. The topological polar surface area (TPSA) is 237 Å². The summed E-state index contributed by atoms with van der Waals surface area (Å²) in [5.74, 6) is -2.43. The molecule has 0 aliphatic carbocycles. The van der Waals surface area contributed by atoms with Gasteiger partial charge < -0.3 is 33.8 Å². The van der Waals surface area contributed by atoms with Gasteiger partial charge in [0, 0.05) is 25.7 Å². The lowest BCUT2D eigenvalue weighted by molar-refractivity contribution is -0.161. The minimum atomic E-state index is -5.02. The third-order valence-electron chi connectivity index (χ3n) is 14.7. The van der Waals surface area contributed by atoms with E-state index in [9.17, 15) is 43.2 Å². The Hall–Kier alpha value is -6.36. The molecule has 17 nitrogen and oxygen atoms in total. The molecule has 0 heterocycles. The Balaban J connectivity index is 5.53. The molecule has 0 bridgehead atoms. The third kappa shape index (κ3) is 73.9. The van der Waals surface area contributed by atoms with Crippen molar-refractivity contribution in [2.45, 2.75) is 264 Å². The predicted octanol–water partition coefficient (Wildman–Crippen LogP) is 22.3. The number of allylic oxidation sites excluding steroid dienone is 34. The van der Waals surface area contributed by atoms with Crippen molar-refractivity contribution in [3.63, 3.8) is 0 Å². The maximum absolute atomic E-state index is 13.1. The van der Waals surface area contributed by atoms with Crippen molar-refractivity contribution in [1.29, 1.82) is 0 Å². The smallest absolute Gasteiger partial charge is 0.462 e. The molecule has 0 amide bonds. The maximum Gasteiger partial charge on any atom is 0.472 e. The van der Waals surface area contributed by atoms with E-state index in [0.717, 1.165) is 148 Å². The first-order chi connectivity index (χ1) is 50.7. The Bertz CT molecular complexity index is 2790. The molecule has 0 aromatic heterocycles. The van der Waals surface area contributed by atoms with Crippen LogP contribution in [0, 0.1) is 0 Å². The first kappa shape index (κ1) is 97.6. The molecule has 0 aliphatic heterocycles. The summed E-state index contributed by atoms with van der Waals surface area (Å²) in [7, 11) is -10.0. The van der Waals surface area contributed by atoms with Crippen LogP contribution in [-0.4, -0.2) is 96.7 Å². The minimum absolute atomic E-state index is 0.0161. The summed E-state index contributed by atoms with van der Waals surface area (Å²) in [6.45, 7) is 4.19. The fourth-order valence-electron chi connectivity index (χ4n) is 9.01. The van der Waals surface area contributed by atoms with Crippen molar-refractivity contribution >= 4 is 39.5 Å². The Kier molecular flexibility index (Phi) is 70.3. The standard InChI is InChI=1S/C85H132O17P2/c1-5-9-13-17-21-25-29-33-36-38-39-41-44-47-50-54-58-62-66-70-83(88)96-76-81(102-85(90)72-68-64-60-56-52-48-42-35-31-27-23-19-15-11-7-3)78-100-104(93,94)98-74-79(86)73-97-103(91,92)99-77-80(101-84(89)71-67-63-59-55-51-45-32-28-24-20-16-12-8-4)75-95-82(87)69-65-61-57-53-49-46-43-40-37-34-30-26-22-18-14-10-6-2/h9-11,13-16,20-23,25-28,32-37,39,41-43,46-47,50,52-53,56-58,62,79-81,86H,5-8,12,17-19,24,29-31,38,40,44-45,48-49,51,54-55,59-61,63-78H2,1-4H3,(H,91,92)(H,93,94)/b13-9-,14-10-,15-11-,20-16-,25-21-,26-22-,27-23-,32-28-,36-33-,37-34-,41-39-,42-35-,46-43-,50-47-,56-52-,57-53-,62-58-. The Morgan fingerprint density at radius 1 is 0.279 bits per heavy atom. The van der Waals surface area contributed by atoms with Crippen molar-refractivity contribution in [3.05, 3.63) is 207 Å². The van der Waals surface area contributed by atoms with Gasteiger partial charge in [-0.25, -0.2) is 9.13 Å². The maximum atomic E-state index is 13.1. The molecule has 5 unspecified atom stereocenters. The molecule has 5 atom stereocenters. The van der Waals surface area contributed by atoms with Gasteiger partial charge in [-0.15, -0.1) is 0 Å². The summed E-state index contributed by atoms with van der Waals surface area (Å²) < 4.78 is 68.3. The first-order valence-electron chi connectivity index (χ1n) is 38.3. The van der Waals surface area contributed by atoms with Crippen molar-refractivity contribution in [3.8, 4) is 0 Å². The van der Waals surface area contributed by atoms with Gasteiger partial charge in [0.1, 0.15) is 19.3 Å². The molecule has 3 N–H and O–H groups in total. The number of phosphoric ester groups is 2. The molecule has 584 valence electrons. The highest BCUT2D eigenvalue weighted by Crippen LogP contribution is 2.45. The van der Waals surface area contributed by atoms with Gasteiger partial charge in [-0.05, 0) is 167 Å². The van der Waals surface area contributed by atoms with E-state index in [1.54, 1.807) is 0 Å². The van der Waals surface area contributed by atoms with Crippen molar-refractivity contribution in [2.24, 2.45) is 0 Å². The molecule has 0 saturated carbocycles. The van der Waals surface area contributed by atoms with Crippen LogP contribution in [0.5, 0.6) is 0 Å². The highest BCUT2D eigenvalue weighted by Gasteiger charge is 2.30. The summed E-state index contributed by atoms with van der Waals surface area (Å²) in [4.78, 5) is 72.9. The number of unbranched alkanes of at least 4 members (excludes halogenated alkanes) is 9. The van der Waals surface area contributed by atoms with Gasteiger partial charge in [0.15, 0.2) is 12.2 Å². The van der Waals surface area contributed by atoms with E-state index in [0.29, 0.717) is 44.9 Å². The minimum Gasteiger partial charge on any atom is -0.462 e. The van der Waals surface area contributed by atoms with Crippen molar-refractivity contribution in [2.75, 3.05) is 39.6 Å². The summed E-state index contributed by atoms with van der Waals surface area (Å²) in [5.41, 5.74) is 0. The second-order valence-electron chi connectivity index (χ2n) is 24.4. The van der Waals surface area contributed by atoms with E-state index < -0.39 is 97.5 Å². The Morgan fingerprint density at radius 3 is 0.875 bits per heavy atom. The average molecular weight is 1490 g/mol. The SMILES string of the molecule is CC/C=C\C/C=C\C/C=C\C/C=C\C/C=C\C/C=C\CCC(=O)OCC(COP(=O)(O)OCC(O)COP(=O)(O)OCC(COC(=O)CCC/C=C\C/C=C\C/C=C\C/C=C\C/C=C\CC)OC(=O)CCCCCCC/C=C\C/C=C\CCC)OC(=O)CCCC/C=C\C/C=C\C/C=C\C/C=C\CC. The lowest BCUT2D eigenvalue weighted by Crippen LogP contribution is -2.30. The fraction of sp³-hybridized carbons (Fsp3) is 0.553. The van der Waals surface area contributed by atoms with Gasteiger partial charge in [-0.1, -0.05) is 260 Å². The molecule has 0 aromatic carbocycles. The third-order valence-corrected chi connectivity index (χ3v) is 16.6. The van der Waals surface area contributed by atoms with E-state index in [1.807, 2.05) is 36.5 Å². The quantitative estimate of drug-likeness (QED) is 0.0169. The number of esters is 4. The van der Waals surface area contributed by atoms with Crippen LogP contribution >= 0.6 is 15.6 Å². The largest absolute Gasteiger partial charge is 0.472 e. The summed E-state index contributed by atoms with van der Waals surface area (Å²) in [6.07, 6.45) is 92.8. The second kappa shape index (κ2) is 74.9. The van der Waals surface area contributed by atoms with Crippen LogP contribution in [0.1, 0.15) is 246 Å². The molecule has 19 heteroatoms.